The van der Waals surface area contributed by atoms with Gasteiger partial charge >= 0.3 is 0 Å². The maximum Gasteiger partial charge on any atom is 0.0944 e. The molecule has 0 saturated heterocycles. The minimum absolute atomic E-state index is 0.437. The van der Waals surface area contributed by atoms with Crippen molar-refractivity contribution in [1.82, 2.24) is 4.98 Å². The Morgan fingerprint density at radius 3 is 2.59 bits per heavy atom. The third-order valence-corrected chi connectivity index (χ3v) is 3.59. The number of hydrogen-bond donors (Lipinski definition) is 2. The number of nitrogens with zero attached hydrogens (tertiary/aromatic N) is 1. The molecule has 3 heteroatoms. The summed E-state index contributed by atoms with van der Waals surface area (Å²) in [6.45, 7) is 1.73. The van der Waals surface area contributed by atoms with Gasteiger partial charge in [0.15, 0.2) is 0 Å². The fourth-order valence-electron chi connectivity index (χ4n) is 2.52. The number of benzene rings is 2. The predicted molar refractivity (Wildman–Crippen MR) is 92.6 cm³/mol. The van der Waals surface area contributed by atoms with E-state index in [9.17, 15) is 0 Å². The Kier molecular flexibility index (Phi) is 4.15. The summed E-state index contributed by atoms with van der Waals surface area (Å²) in [5.74, 6) is 0.437. The number of fused-ring (bicyclic) bond motifs is 1. The highest BCUT2D eigenvalue weighted by Crippen LogP contribution is 2.19. The molecule has 1 heterocycles. The predicted octanol–water partition coefficient (Wildman–Crippen LogP) is 4.43. The smallest absolute Gasteiger partial charge is 0.0944 e. The molecule has 1 aromatic heterocycles. The average Bonchev–Trinajstić information content (AvgIpc) is 2.53. The lowest BCUT2D eigenvalue weighted by Gasteiger charge is -2.07. The van der Waals surface area contributed by atoms with Crippen LogP contribution in [0.5, 0.6) is 0 Å². The standard InChI is InChI=1S/C19H19N3/c1-14(20)21-18-11-12-19-16(13-18)8-10-17(22-19)9-7-15-5-3-2-4-6-15/h2-6,8,10-13H,7,9H2,1H3,(H2,20,21). The highest BCUT2D eigenvalue weighted by Gasteiger charge is 2.01. The third-order valence-electron chi connectivity index (χ3n) is 3.59. The molecule has 0 saturated carbocycles. The number of aromatic nitrogens is 1. The van der Waals surface area contributed by atoms with Gasteiger partial charge in [-0.05, 0) is 49.6 Å². The molecule has 0 radical (unpaired) electrons. The second-order valence-corrected chi connectivity index (χ2v) is 5.45. The van der Waals surface area contributed by atoms with E-state index >= 15 is 0 Å². The summed E-state index contributed by atoms with van der Waals surface area (Å²) >= 11 is 0. The zero-order valence-corrected chi connectivity index (χ0v) is 12.6. The van der Waals surface area contributed by atoms with Crippen molar-refractivity contribution in [3.63, 3.8) is 0 Å². The number of aryl methyl sites for hydroxylation is 2. The Morgan fingerprint density at radius 1 is 1.00 bits per heavy atom. The van der Waals surface area contributed by atoms with E-state index in [-0.39, 0.29) is 0 Å². The quantitative estimate of drug-likeness (QED) is 0.551. The van der Waals surface area contributed by atoms with Gasteiger partial charge in [0.1, 0.15) is 0 Å². The van der Waals surface area contributed by atoms with E-state index in [1.54, 1.807) is 6.92 Å². The van der Waals surface area contributed by atoms with Crippen LogP contribution in [-0.4, -0.2) is 10.8 Å². The van der Waals surface area contributed by atoms with Gasteiger partial charge in [0, 0.05) is 16.8 Å². The molecular formula is C19H19N3. The van der Waals surface area contributed by atoms with E-state index in [0.29, 0.717) is 5.84 Å². The lowest BCUT2D eigenvalue weighted by molar-refractivity contribution is 0.923. The molecule has 0 aliphatic rings. The van der Waals surface area contributed by atoms with Gasteiger partial charge in [-0.1, -0.05) is 36.4 Å². The Labute approximate surface area is 130 Å². The van der Waals surface area contributed by atoms with Crippen LogP contribution in [0.1, 0.15) is 18.2 Å². The summed E-state index contributed by atoms with van der Waals surface area (Å²) in [4.78, 5) is 4.73. The van der Waals surface area contributed by atoms with Crippen LogP contribution in [0.25, 0.3) is 10.9 Å². The third kappa shape index (κ3) is 3.50. The first-order valence-corrected chi connectivity index (χ1v) is 7.46. The minimum atomic E-state index is 0.437. The molecule has 2 N–H and O–H groups in total. The number of rotatable bonds is 4. The fourth-order valence-corrected chi connectivity index (χ4v) is 2.52. The first-order chi connectivity index (χ1) is 10.7. The van der Waals surface area contributed by atoms with Crippen LogP contribution in [0.15, 0.2) is 60.7 Å². The molecule has 3 nitrogen and oxygen atoms in total. The second kappa shape index (κ2) is 6.39. The van der Waals surface area contributed by atoms with Crippen molar-refractivity contribution in [3.8, 4) is 0 Å². The van der Waals surface area contributed by atoms with Gasteiger partial charge in [0.05, 0.1) is 11.4 Å². The van der Waals surface area contributed by atoms with Crippen molar-refractivity contribution in [3.05, 3.63) is 71.9 Å². The molecule has 3 rings (SSSR count). The van der Waals surface area contributed by atoms with Crippen LogP contribution in [0.4, 0.5) is 5.69 Å². The van der Waals surface area contributed by atoms with Crippen molar-refractivity contribution in [2.75, 3.05) is 5.32 Å². The van der Waals surface area contributed by atoms with Gasteiger partial charge in [-0.15, -0.1) is 0 Å². The van der Waals surface area contributed by atoms with Crippen LogP contribution in [0.3, 0.4) is 0 Å². The zero-order chi connectivity index (χ0) is 15.4. The first kappa shape index (κ1) is 14.3. The van der Waals surface area contributed by atoms with Crippen LogP contribution in [0.2, 0.25) is 0 Å². The van der Waals surface area contributed by atoms with Crippen molar-refractivity contribution >= 4 is 22.4 Å². The van der Waals surface area contributed by atoms with Crippen molar-refractivity contribution in [1.29, 1.82) is 5.41 Å². The Bertz CT molecular complexity index is 794. The highest BCUT2D eigenvalue weighted by molar-refractivity contribution is 5.93. The van der Waals surface area contributed by atoms with E-state index in [4.69, 9.17) is 10.4 Å². The summed E-state index contributed by atoms with van der Waals surface area (Å²) in [6, 6.07) is 20.7. The number of anilines is 1. The van der Waals surface area contributed by atoms with Crippen molar-refractivity contribution in [2.45, 2.75) is 19.8 Å². The maximum absolute atomic E-state index is 7.48. The lowest BCUT2D eigenvalue weighted by Crippen LogP contribution is -2.04. The van der Waals surface area contributed by atoms with E-state index in [1.165, 1.54) is 5.56 Å². The Balaban J connectivity index is 1.77. The van der Waals surface area contributed by atoms with Crippen LogP contribution in [-0.2, 0) is 12.8 Å². The molecule has 22 heavy (non-hydrogen) atoms. The summed E-state index contributed by atoms with van der Waals surface area (Å²) in [5, 5.41) is 11.6. The molecule has 110 valence electrons. The molecule has 3 aromatic rings. The van der Waals surface area contributed by atoms with Gasteiger partial charge in [-0.2, -0.15) is 0 Å². The van der Waals surface area contributed by atoms with E-state index in [1.807, 2.05) is 24.3 Å². The molecular weight excluding hydrogens is 270 g/mol. The van der Waals surface area contributed by atoms with Crippen molar-refractivity contribution < 1.29 is 0 Å². The number of nitrogens with one attached hydrogen (secondary N) is 2. The summed E-state index contributed by atoms with van der Waals surface area (Å²) < 4.78 is 0. The molecule has 0 spiro atoms. The molecule has 0 aliphatic heterocycles. The van der Waals surface area contributed by atoms with Crippen LogP contribution >= 0.6 is 0 Å². The zero-order valence-electron chi connectivity index (χ0n) is 12.6. The molecule has 0 amide bonds. The van der Waals surface area contributed by atoms with Gasteiger partial charge in [-0.25, -0.2) is 0 Å². The molecule has 0 fully saturated rings. The summed E-state index contributed by atoms with van der Waals surface area (Å²) in [7, 11) is 0. The number of hydrogen-bond acceptors (Lipinski definition) is 2. The molecule has 0 unspecified atom stereocenters. The lowest BCUT2D eigenvalue weighted by atomic mass is 10.1. The SMILES string of the molecule is CC(=N)Nc1ccc2nc(CCc3ccccc3)ccc2c1. The number of pyridine rings is 1. The summed E-state index contributed by atoms with van der Waals surface area (Å²) in [5.41, 5.74) is 4.38. The Hall–Kier alpha value is -2.68. The molecule has 0 aliphatic carbocycles. The van der Waals surface area contributed by atoms with Gasteiger partial charge in [-0.3, -0.25) is 10.4 Å². The first-order valence-electron chi connectivity index (χ1n) is 7.46. The van der Waals surface area contributed by atoms with Gasteiger partial charge in [0.2, 0.25) is 0 Å². The fraction of sp³-hybridized carbons (Fsp3) is 0.158. The monoisotopic (exact) mass is 289 g/mol. The van der Waals surface area contributed by atoms with Crippen molar-refractivity contribution in [2.24, 2.45) is 0 Å². The summed E-state index contributed by atoms with van der Waals surface area (Å²) in [6.07, 6.45) is 1.95. The maximum atomic E-state index is 7.48. The highest BCUT2D eigenvalue weighted by atomic mass is 14.9. The second-order valence-electron chi connectivity index (χ2n) is 5.45. The molecule has 0 bridgehead atoms. The van der Waals surface area contributed by atoms with Crippen LogP contribution < -0.4 is 5.32 Å². The normalized spacial score (nSPS) is 10.6. The van der Waals surface area contributed by atoms with Gasteiger partial charge < -0.3 is 5.32 Å². The Morgan fingerprint density at radius 2 is 1.82 bits per heavy atom. The largest absolute Gasteiger partial charge is 0.344 e. The van der Waals surface area contributed by atoms with Crippen LogP contribution in [0, 0.1) is 5.41 Å². The number of amidine groups is 1. The van der Waals surface area contributed by atoms with E-state index in [0.717, 1.165) is 35.1 Å². The van der Waals surface area contributed by atoms with E-state index < -0.39 is 0 Å². The topological polar surface area (TPSA) is 48.8 Å². The van der Waals surface area contributed by atoms with Gasteiger partial charge in [0.25, 0.3) is 0 Å². The average molecular weight is 289 g/mol. The van der Waals surface area contributed by atoms with E-state index in [2.05, 4.69) is 41.7 Å². The minimum Gasteiger partial charge on any atom is -0.344 e. The molecule has 2 aromatic carbocycles. The molecule has 0 atom stereocenters.